The molecule has 1 N–H and O–H groups in total. The smallest absolute Gasteiger partial charge is 0.309 e. The minimum absolute atomic E-state index is 0.476. The largest absolute Gasteiger partial charge is 0.348 e. The van der Waals surface area contributed by atoms with Crippen molar-refractivity contribution in [1.82, 2.24) is 5.32 Å². The van der Waals surface area contributed by atoms with E-state index in [0.29, 0.717) is 11.3 Å². The SMILES string of the molecule is CC1(C)CC1CN[C]=O. The maximum absolute atomic E-state index is 9.71. The van der Waals surface area contributed by atoms with Gasteiger partial charge in [0.1, 0.15) is 0 Å². The molecule has 2 heteroatoms. The van der Waals surface area contributed by atoms with E-state index in [-0.39, 0.29) is 0 Å². The summed E-state index contributed by atoms with van der Waals surface area (Å²) in [6, 6.07) is 0. The molecule has 1 radical (unpaired) electrons. The maximum Gasteiger partial charge on any atom is 0.309 e. The van der Waals surface area contributed by atoms with Crippen LogP contribution in [0.3, 0.4) is 0 Å². The highest BCUT2D eigenvalue weighted by molar-refractivity contribution is 5.47. The molecule has 1 atom stereocenters. The van der Waals surface area contributed by atoms with Crippen LogP contribution in [-0.2, 0) is 4.79 Å². The summed E-state index contributed by atoms with van der Waals surface area (Å²) < 4.78 is 0. The minimum atomic E-state index is 0.476. The zero-order valence-electron chi connectivity index (χ0n) is 5.90. The Hall–Kier alpha value is -0.530. The second-order valence-electron chi connectivity index (χ2n) is 3.37. The summed E-state index contributed by atoms with van der Waals surface area (Å²) in [5.74, 6) is 0.693. The molecule has 0 aliphatic heterocycles. The van der Waals surface area contributed by atoms with E-state index in [1.165, 1.54) is 6.42 Å². The van der Waals surface area contributed by atoms with E-state index < -0.39 is 0 Å². The van der Waals surface area contributed by atoms with Crippen LogP contribution in [0.5, 0.6) is 0 Å². The lowest BCUT2D eigenvalue weighted by molar-refractivity contribution is 0.518. The molecular weight excluding hydrogens is 114 g/mol. The maximum atomic E-state index is 9.71. The van der Waals surface area contributed by atoms with Crippen molar-refractivity contribution < 1.29 is 4.79 Å². The fourth-order valence-electron chi connectivity index (χ4n) is 1.09. The third-order valence-corrected chi connectivity index (χ3v) is 2.14. The van der Waals surface area contributed by atoms with Crippen LogP contribution in [-0.4, -0.2) is 13.0 Å². The fourth-order valence-corrected chi connectivity index (χ4v) is 1.09. The van der Waals surface area contributed by atoms with E-state index >= 15 is 0 Å². The first kappa shape index (κ1) is 6.59. The molecule has 0 heterocycles. The van der Waals surface area contributed by atoms with Crippen LogP contribution in [0.25, 0.3) is 0 Å². The molecule has 1 unspecified atom stereocenters. The van der Waals surface area contributed by atoms with Crippen molar-refractivity contribution in [3.63, 3.8) is 0 Å². The van der Waals surface area contributed by atoms with E-state index in [0.717, 1.165) is 6.54 Å². The highest BCUT2D eigenvalue weighted by Crippen LogP contribution is 2.50. The summed E-state index contributed by atoms with van der Waals surface area (Å²) in [5.41, 5.74) is 0.476. The van der Waals surface area contributed by atoms with Crippen molar-refractivity contribution in [3.8, 4) is 0 Å². The van der Waals surface area contributed by atoms with Crippen LogP contribution in [0.4, 0.5) is 0 Å². The van der Waals surface area contributed by atoms with Crippen molar-refractivity contribution in [2.24, 2.45) is 11.3 Å². The lowest BCUT2D eigenvalue weighted by Crippen LogP contribution is -2.15. The molecule has 1 aliphatic carbocycles. The average Bonchev–Trinajstić information content (AvgIpc) is 2.35. The topological polar surface area (TPSA) is 29.1 Å². The molecule has 1 fully saturated rings. The van der Waals surface area contributed by atoms with Gasteiger partial charge in [0, 0.05) is 6.54 Å². The monoisotopic (exact) mass is 126 g/mol. The standard InChI is InChI=1S/C7H12NO/c1-7(2)3-6(7)4-8-5-9/h6H,3-4H2,1-2H3,(H,8,9). The van der Waals surface area contributed by atoms with Crippen LogP contribution >= 0.6 is 0 Å². The Bertz CT molecular complexity index is 120. The molecule has 1 saturated carbocycles. The minimum Gasteiger partial charge on any atom is -0.348 e. The number of hydrogen-bond donors (Lipinski definition) is 1. The zero-order valence-corrected chi connectivity index (χ0v) is 5.90. The number of nitrogens with one attached hydrogen (secondary N) is 1. The van der Waals surface area contributed by atoms with Crippen LogP contribution in [0, 0.1) is 11.3 Å². The van der Waals surface area contributed by atoms with Gasteiger partial charge in [-0.1, -0.05) is 13.8 Å². The molecule has 1 amide bonds. The third-order valence-electron chi connectivity index (χ3n) is 2.14. The lowest BCUT2D eigenvalue weighted by atomic mass is 10.1. The van der Waals surface area contributed by atoms with E-state index in [2.05, 4.69) is 19.2 Å². The van der Waals surface area contributed by atoms with Crippen molar-refractivity contribution in [3.05, 3.63) is 0 Å². The van der Waals surface area contributed by atoms with Gasteiger partial charge in [-0.2, -0.15) is 0 Å². The Morgan fingerprint density at radius 3 is 2.67 bits per heavy atom. The van der Waals surface area contributed by atoms with Gasteiger partial charge in [-0.05, 0) is 17.8 Å². The fraction of sp³-hybridized carbons (Fsp3) is 0.857. The Kier molecular flexibility index (Phi) is 1.47. The molecule has 9 heavy (non-hydrogen) atoms. The Morgan fingerprint density at radius 1 is 1.78 bits per heavy atom. The summed E-state index contributed by atoms with van der Waals surface area (Å²) in [5, 5.41) is 2.56. The van der Waals surface area contributed by atoms with Gasteiger partial charge >= 0.3 is 6.41 Å². The molecule has 0 saturated heterocycles. The molecule has 51 valence electrons. The van der Waals surface area contributed by atoms with Crippen LogP contribution < -0.4 is 5.32 Å². The number of hydrogen-bond acceptors (Lipinski definition) is 1. The quantitative estimate of drug-likeness (QED) is 0.554. The zero-order chi connectivity index (χ0) is 6.91. The number of carbonyl (C=O) groups excluding carboxylic acids is 1. The van der Waals surface area contributed by atoms with Gasteiger partial charge in [-0.25, -0.2) is 0 Å². The van der Waals surface area contributed by atoms with Crippen molar-refractivity contribution >= 4 is 6.41 Å². The second-order valence-corrected chi connectivity index (χ2v) is 3.37. The van der Waals surface area contributed by atoms with Gasteiger partial charge in [-0.15, -0.1) is 0 Å². The molecule has 1 aliphatic rings. The molecule has 0 aromatic heterocycles. The summed E-state index contributed by atoms with van der Waals surface area (Å²) in [4.78, 5) is 9.71. The molecule has 1 rings (SSSR count). The number of rotatable bonds is 3. The van der Waals surface area contributed by atoms with Gasteiger partial charge in [0.05, 0.1) is 0 Å². The van der Waals surface area contributed by atoms with E-state index in [9.17, 15) is 4.79 Å². The van der Waals surface area contributed by atoms with Crippen molar-refractivity contribution in [1.29, 1.82) is 0 Å². The third kappa shape index (κ3) is 1.44. The van der Waals surface area contributed by atoms with E-state index in [4.69, 9.17) is 0 Å². The molecular formula is C7H12NO. The van der Waals surface area contributed by atoms with Crippen LogP contribution in [0.15, 0.2) is 0 Å². The van der Waals surface area contributed by atoms with Gasteiger partial charge in [0.15, 0.2) is 0 Å². The van der Waals surface area contributed by atoms with Crippen molar-refractivity contribution in [2.75, 3.05) is 6.54 Å². The highest BCUT2D eigenvalue weighted by Gasteiger charge is 2.44. The predicted octanol–water partition coefficient (Wildman–Crippen LogP) is 0.689. The van der Waals surface area contributed by atoms with Gasteiger partial charge in [0.25, 0.3) is 0 Å². The normalized spacial score (nSPS) is 29.3. The highest BCUT2D eigenvalue weighted by atomic mass is 16.1. The molecule has 2 nitrogen and oxygen atoms in total. The van der Waals surface area contributed by atoms with Gasteiger partial charge in [-0.3, -0.25) is 4.79 Å². The van der Waals surface area contributed by atoms with Crippen molar-refractivity contribution in [2.45, 2.75) is 20.3 Å². The lowest BCUT2D eigenvalue weighted by Gasteiger charge is -1.99. The Balaban J connectivity index is 2.12. The van der Waals surface area contributed by atoms with Crippen LogP contribution in [0.1, 0.15) is 20.3 Å². The van der Waals surface area contributed by atoms with E-state index in [1.54, 1.807) is 6.41 Å². The average molecular weight is 126 g/mol. The van der Waals surface area contributed by atoms with Gasteiger partial charge < -0.3 is 5.32 Å². The first-order valence-electron chi connectivity index (χ1n) is 3.27. The molecule has 0 aromatic carbocycles. The van der Waals surface area contributed by atoms with Gasteiger partial charge in [0.2, 0.25) is 0 Å². The first-order chi connectivity index (χ1) is 4.17. The molecule has 0 aromatic rings. The summed E-state index contributed by atoms with van der Waals surface area (Å²) in [7, 11) is 0. The molecule has 0 bridgehead atoms. The molecule has 0 spiro atoms. The summed E-state index contributed by atoms with van der Waals surface area (Å²) in [6.45, 7) is 5.23. The van der Waals surface area contributed by atoms with Crippen LogP contribution in [0.2, 0.25) is 0 Å². The van der Waals surface area contributed by atoms with E-state index in [1.807, 2.05) is 0 Å². The first-order valence-corrected chi connectivity index (χ1v) is 3.27. The summed E-state index contributed by atoms with van der Waals surface area (Å²) in [6.07, 6.45) is 2.91. The summed E-state index contributed by atoms with van der Waals surface area (Å²) >= 11 is 0. The Morgan fingerprint density at radius 2 is 2.33 bits per heavy atom. The predicted molar refractivity (Wildman–Crippen MR) is 35.6 cm³/mol. The second kappa shape index (κ2) is 2.01. The number of amides is 1. The Labute approximate surface area is 55.6 Å².